The number of aromatic amines is 1. The van der Waals surface area contributed by atoms with Gasteiger partial charge in [-0.3, -0.25) is 9.78 Å². The van der Waals surface area contributed by atoms with E-state index in [9.17, 15) is 9.59 Å². The summed E-state index contributed by atoms with van der Waals surface area (Å²) in [6.07, 6.45) is 1.36. The maximum absolute atomic E-state index is 11.7. The molecule has 0 aliphatic rings. The van der Waals surface area contributed by atoms with Crippen LogP contribution in [0.2, 0.25) is 0 Å². The molecule has 9 heteroatoms. The summed E-state index contributed by atoms with van der Waals surface area (Å²) in [5.74, 6) is -0.152. The van der Waals surface area contributed by atoms with Crippen molar-refractivity contribution in [3.8, 4) is 11.4 Å². The van der Waals surface area contributed by atoms with Crippen molar-refractivity contribution >= 4 is 11.9 Å². The minimum atomic E-state index is -0.602. The number of H-pyrrole nitrogens is 1. The van der Waals surface area contributed by atoms with Crippen LogP contribution in [0.1, 0.15) is 6.92 Å². The zero-order chi connectivity index (χ0) is 13.3. The van der Waals surface area contributed by atoms with Gasteiger partial charge in [0.05, 0.1) is 0 Å². The van der Waals surface area contributed by atoms with Crippen LogP contribution in [0.15, 0.2) is 15.8 Å². The number of rotatable bonds is 2. The molecule has 0 amide bonds. The highest BCUT2D eigenvalue weighted by Gasteiger charge is 2.11. The highest BCUT2D eigenvalue weighted by atomic mass is 16.2. The molecule has 0 aliphatic heterocycles. The number of nitrogens with one attached hydrogen (secondary N) is 1. The Balaban J connectivity index is 2.70. The third-order valence-corrected chi connectivity index (χ3v) is 2.26. The molecule has 0 spiro atoms. The lowest BCUT2D eigenvalue weighted by Crippen LogP contribution is -2.30. The SMILES string of the molecule is CCn1cc(-c2nc(N)nc(N)n2)c(=O)[nH]c1=O. The van der Waals surface area contributed by atoms with Gasteiger partial charge in [-0.1, -0.05) is 0 Å². The zero-order valence-electron chi connectivity index (χ0n) is 9.54. The van der Waals surface area contributed by atoms with Crippen LogP contribution in [0, 0.1) is 0 Å². The quantitative estimate of drug-likeness (QED) is 0.591. The average Bonchev–Trinajstić information content (AvgIpc) is 2.27. The van der Waals surface area contributed by atoms with Crippen molar-refractivity contribution in [3.05, 3.63) is 27.0 Å². The van der Waals surface area contributed by atoms with Crippen LogP contribution in [-0.4, -0.2) is 24.5 Å². The predicted octanol–water partition coefficient (Wildman–Crippen LogP) is -1.43. The molecule has 0 saturated heterocycles. The predicted molar refractivity (Wildman–Crippen MR) is 64.6 cm³/mol. The van der Waals surface area contributed by atoms with E-state index in [0.29, 0.717) is 6.54 Å². The summed E-state index contributed by atoms with van der Waals surface area (Å²) < 4.78 is 1.31. The fourth-order valence-electron chi connectivity index (χ4n) is 1.43. The van der Waals surface area contributed by atoms with Crippen molar-refractivity contribution in [2.45, 2.75) is 13.5 Å². The highest BCUT2D eigenvalue weighted by Crippen LogP contribution is 2.10. The molecule has 0 saturated carbocycles. The van der Waals surface area contributed by atoms with Crippen molar-refractivity contribution in [2.24, 2.45) is 0 Å². The van der Waals surface area contributed by atoms with Gasteiger partial charge in [0.25, 0.3) is 5.56 Å². The Hall–Kier alpha value is -2.71. The first-order valence-electron chi connectivity index (χ1n) is 5.12. The number of hydrogen-bond acceptors (Lipinski definition) is 7. The minimum Gasteiger partial charge on any atom is -0.368 e. The van der Waals surface area contributed by atoms with Crippen LogP contribution in [0.25, 0.3) is 11.4 Å². The van der Waals surface area contributed by atoms with Gasteiger partial charge in [0.2, 0.25) is 11.9 Å². The van der Waals surface area contributed by atoms with Crippen LogP contribution in [0.5, 0.6) is 0 Å². The Morgan fingerprint density at radius 1 is 1.22 bits per heavy atom. The maximum Gasteiger partial charge on any atom is 0.328 e. The largest absolute Gasteiger partial charge is 0.368 e. The van der Waals surface area contributed by atoms with Crippen LogP contribution in [-0.2, 0) is 6.54 Å². The summed E-state index contributed by atoms with van der Waals surface area (Å²) in [7, 11) is 0. The van der Waals surface area contributed by atoms with Crippen LogP contribution < -0.4 is 22.7 Å². The first kappa shape index (κ1) is 11.8. The molecule has 2 heterocycles. The van der Waals surface area contributed by atoms with E-state index in [1.807, 2.05) is 0 Å². The van der Waals surface area contributed by atoms with Gasteiger partial charge in [-0.2, -0.15) is 15.0 Å². The summed E-state index contributed by atoms with van der Waals surface area (Å²) in [5, 5.41) is 0. The van der Waals surface area contributed by atoms with E-state index in [4.69, 9.17) is 11.5 Å². The van der Waals surface area contributed by atoms with E-state index >= 15 is 0 Å². The van der Waals surface area contributed by atoms with E-state index in [-0.39, 0.29) is 23.3 Å². The first-order chi connectivity index (χ1) is 8.51. The van der Waals surface area contributed by atoms with Gasteiger partial charge in [-0.05, 0) is 6.92 Å². The number of nitrogens with two attached hydrogens (primary N) is 2. The van der Waals surface area contributed by atoms with Crippen LogP contribution >= 0.6 is 0 Å². The minimum absolute atomic E-state index is 0.0310. The molecule has 0 aliphatic carbocycles. The Labute approximate surface area is 101 Å². The monoisotopic (exact) mass is 249 g/mol. The van der Waals surface area contributed by atoms with Gasteiger partial charge in [-0.25, -0.2) is 4.79 Å². The lowest BCUT2D eigenvalue weighted by atomic mass is 10.3. The third kappa shape index (κ3) is 2.05. The Bertz CT molecular complexity index is 683. The molecule has 0 fully saturated rings. The summed E-state index contributed by atoms with van der Waals surface area (Å²) in [6.45, 7) is 2.16. The fourth-order valence-corrected chi connectivity index (χ4v) is 1.43. The number of hydrogen-bond donors (Lipinski definition) is 3. The van der Waals surface area contributed by atoms with E-state index in [0.717, 1.165) is 0 Å². The van der Waals surface area contributed by atoms with Gasteiger partial charge in [-0.15, -0.1) is 0 Å². The maximum atomic E-state index is 11.7. The molecule has 5 N–H and O–H groups in total. The van der Waals surface area contributed by atoms with E-state index in [1.54, 1.807) is 6.92 Å². The van der Waals surface area contributed by atoms with Gasteiger partial charge in [0.1, 0.15) is 5.56 Å². The second-order valence-electron chi connectivity index (χ2n) is 3.46. The van der Waals surface area contributed by atoms with Gasteiger partial charge in [0.15, 0.2) is 5.82 Å². The lowest BCUT2D eigenvalue weighted by molar-refractivity contribution is 0.694. The molecule has 2 aromatic rings. The summed E-state index contributed by atoms with van der Waals surface area (Å²) in [4.78, 5) is 36.5. The van der Waals surface area contributed by atoms with Gasteiger partial charge >= 0.3 is 5.69 Å². The summed E-state index contributed by atoms with van der Waals surface area (Å²) in [5.41, 5.74) is 9.86. The normalized spacial score (nSPS) is 10.5. The van der Waals surface area contributed by atoms with Crippen molar-refractivity contribution in [3.63, 3.8) is 0 Å². The van der Waals surface area contributed by atoms with Gasteiger partial charge < -0.3 is 16.0 Å². The molecule has 94 valence electrons. The molecular weight excluding hydrogens is 238 g/mol. The van der Waals surface area contributed by atoms with Crippen molar-refractivity contribution < 1.29 is 0 Å². The lowest BCUT2D eigenvalue weighted by Gasteiger charge is -2.04. The fraction of sp³-hybridized carbons (Fsp3) is 0.222. The second kappa shape index (κ2) is 4.28. The van der Waals surface area contributed by atoms with E-state index in [2.05, 4.69) is 19.9 Å². The first-order valence-corrected chi connectivity index (χ1v) is 5.12. The molecular formula is C9H11N7O2. The Morgan fingerprint density at radius 2 is 1.83 bits per heavy atom. The second-order valence-corrected chi connectivity index (χ2v) is 3.46. The van der Waals surface area contributed by atoms with Crippen LogP contribution in [0.3, 0.4) is 0 Å². The summed E-state index contributed by atoms with van der Waals surface area (Å²) >= 11 is 0. The molecule has 0 radical (unpaired) electrons. The topological polar surface area (TPSA) is 146 Å². The standard InChI is InChI=1S/C9H11N7O2/c1-2-16-3-4(6(17)14-9(16)18)5-12-7(10)15-8(11)13-5/h3H,2H2,1H3,(H,14,17,18)(H4,10,11,12,13,15). The van der Waals surface area contributed by atoms with Crippen molar-refractivity contribution in [1.29, 1.82) is 0 Å². The molecule has 0 unspecified atom stereocenters. The van der Waals surface area contributed by atoms with E-state index < -0.39 is 11.2 Å². The number of nitrogen functional groups attached to an aromatic ring is 2. The Morgan fingerprint density at radius 3 is 2.39 bits per heavy atom. The van der Waals surface area contributed by atoms with Crippen molar-refractivity contribution in [1.82, 2.24) is 24.5 Å². The number of anilines is 2. The molecule has 2 aromatic heterocycles. The molecule has 18 heavy (non-hydrogen) atoms. The highest BCUT2D eigenvalue weighted by molar-refractivity contribution is 5.54. The zero-order valence-corrected chi connectivity index (χ0v) is 9.54. The number of aryl methyl sites for hydroxylation is 1. The van der Waals surface area contributed by atoms with Crippen LogP contribution in [0.4, 0.5) is 11.9 Å². The summed E-state index contributed by atoms with van der Waals surface area (Å²) in [6, 6.07) is 0. The Kier molecular flexibility index (Phi) is 2.80. The molecule has 9 nitrogen and oxygen atoms in total. The molecule has 2 rings (SSSR count). The average molecular weight is 249 g/mol. The molecule has 0 bridgehead atoms. The smallest absolute Gasteiger partial charge is 0.328 e. The van der Waals surface area contributed by atoms with Crippen molar-refractivity contribution in [2.75, 3.05) is 11.5 Å². The molecule has 0 aromatic carbocycles. The van der Waals surface area contributed by atoms with Gasteiger partial charge in [0, 0.05) is 12.7 Å². The third-order valence-electron chi connectivity index (χ3n) is 2.26. The van der Waals surface area contributed by atoms with E-state index in [1.165, 1.54) is 10.8 Å². The molecule has 0 atom stereocenters. The number of aromatic nitrogens is 5. The number of nitrogens with zero attached hydrogens (tertiary/aromatic N) is 4.